The molecule has 0 saturated carbocycles. The fourth-order valence-corrected chi connectivity index (χ4v) is 3.39. The predicted octanol–water partition coefficient (Wildman–Crippen LogP) is 4.15. The van der Waals surface area contributed by atoms with E-state index in [1.165, 1.54) is 6.07 Å². The molecule has 28 heavy (non-hydrogen) atoms. The number of nitrogens with one attached hydrogen (secondary N) is 1. The topological polar surface area (TPSA) is 84.6 Å². The SMILES string of the molecule is O=[N+]([O-])C1=C(NCc2ccccc2)Oc2ccccc2C1c1ccccc1O. The van der Waals surface area contributed by atoms with E-state index >= 15 is 0 Å². The van der Waals surface area contributed by atoms with E-state index in [9.17, 15) is 15.2 Å². The summed E-state index contributed by atoms with van der Waals surface area (Å²) in [5.41, 5.74) is 1.94. The highest BCUT2D eigenvalue weighted by atomic mass is 16.6. The van der Waals surface area contributed by atoms with E-state index in [1.807, 2.05) is 36.4 Å². The fourth-order valence-electron chi connectivity index (χ4n) is 3.39. The van der Waals surface area contributed by atoms with Crippen LogP contribution in [0.5, 0.6) is 11.5 Å². The Morgan fingerprint density at radius 2 is 1.57 bits per heavy atom. The van der Waals surface area contributed by atoms with Crippen LogP contribution in [0.1, 0.15) is 22.6 Å². The Bertz CT molecular complexity index is 1050. The molecule has 0 aliphatic carbocycles. The molecular formula is C22H18N2O4. The van der Waals surface area contributed by atoms with Crippen LogP contribution in [0.2, 0.25) is 0 Å². The van der Waals surface area contributed by atoms with Gasteiger partial charge in [0, 0.05) is 17.7 Å². The van der Waals surface area contributed by atoms with Crippen molar-refractivity contribution < 1.29 is 14.8 Å². The summed E-state index contributed by atoms with van der Waals surface area (Å²) in [6.45, 7) is 0.378. The van der Waals surface area contributed by atoms with Gasteiger partial charge < -0.3 is 15.2 Å². The minimum absolute atomic E-state index is 0.00552. The first-order valence-corrected chi connectivity index (χ1v) is 8.86. The van der Waals surface area contributed by atoms with Gasteiger partial charge >= 0.3 is 5.70 Å². The van der Waals surface area contributed by atoms with Gasteiger partial charge in [-0.1, -0.05) is 66.7 Å². The Balaban J connectivity index is 1.82. The second-order valence-corrected chi connectivity index (χ2v) is 6.44. The maximum atomic E-state index is 12.0. The summed E-state index contributed by atoms with van der Waals surface area (Å²) in [5.74, 6) is -0.136. The number of ether oxygens (including phenoxy) is 1. The summed E-state index contributed by atoms with van der Waals surface area (Å²) in [5, 5.41) is 25.5. The molecule has 1 atom stereocenters. The van der Waals surface area contributed by atoms with Crippen LogP contribution in [0.25, 0.3) is 0 Å². The lowest BCUT2D eigenvalue weighted by molar-refractivity contribution is -0.433. The molecule has 6 nitrogen and oxygen atoms in total. The number of allylic oxidation sites excluding steroid dienone is 1. The number of rotatable bonds is 5. The van der Waals surface area contributed by atoms with E-state index < -0.39 is 10.8 Å². The molecule has 140 valence electrons. The highest BCUT2D eigenvalue weighted by molar-refractivity contribution is 5.53. The molecule has 0 bridgehead atoms. The molecule has 2 N–H and O–H groups in total. The van der Waals surface area contributed by atoms with Gasteiger partial charge in [0.25, 0.3) is 5.88 Å². The van der Waals surface area contributed by atoms with Gasteiger partial charge in [0.05, 0.1) is 4.92 Å². The average Bonchev–Trinajstić information content (AvgIpc) is 2.72. The normalized spacial score (nSPS) is 15.5. The summed E-state index contributed by atoms with van der Waals surface area (Å²) in [6, 6.07) is 23.4. The third-order valence-electron chi connectivity index (χ3n) is 4.69. The van der Waals surface area contributed by atoms with Crippen LogP contribution in [-0.2, 0) is 6.54 Å². The Hall–Kier alpha value is -3.80. The van der Waals surface area contributed by atoms with Crippen LogP contribution in [-0.4, -0.2) is 10.0 Å². The maximum Gasteiger partial charge on any atom is 0.317 e. The van der Waals surface area contributed by atoms with Gasteiger partial charge in [0.15, 0.2) is 0 Å². The van der Waals surface area contributed by atoms with Crippen molar-refractivity contribution in [3.05, 3.63) is 117 Å². The van der Waals surface area contributed by atoms with Crippen molar-refractivity contribution >= 4 is 0 Å². The highest BCUT2D eigenvalue weighted by Crippen LogP contribution is 2.45. The van der Waals surface area contributed by atoms with Gasteiger partial charge in [-0.15, -0.1) is 0 Å². The molecule has 0 amide bonds. The number of hydrogen-bond acceptors (Lipinski definition) is 5. The second kappa shape index (κ2) is 7.44. The summed E-state index contributed by atoms with van der Waals surface area (Å²) in [6.07, 6.45) is 0. The van der Waals surface area contributed by atoms with Gasteiger partial charge in [-0.25, -0.2) is 0 Å². The summed E-state index contributed by atoms with van der Waals surface area (Å²) in [7, 11) is 0. The number of benzene rings is 3. The number of nitrogens with zero attached hydrogens (tertiary/aromatic N) is 1. The lowest BCUT2D eigenvalue weighted by atomic mass is 9.86. The largest absolute Gasteiger partial charge is 0.508 e. The standard InChI is InChI=1S/C22H18N2O4/c25-18-12-6-4-10-16(18)20-17-11-5-7-13-19(17)28-22(21(20)24(26)27)23-14-15-8-2-1-3-9-15/h1-13,20,23,25H,14H2. The smallest absolute Gasteiger partial charge is 0.317 e. The van der Waals surface area contributed by atoms with E-state index in [0.717, 1.165) is 5.56 Å². The summed E-state index contributed by atoms with van der Waals surface area (Å²) in [4.78, 5) is 11.6. The molecule has 4 rings (SSSR count). The van der Waals surface area contributed by atoms with Crippen molar-refractivity contribution in [2.24, 2.45) is 0 Å². The molecule has 0 spiro atoms. The van der Waals surface area contributed by atoms with Crippen LogP contribution < -0.4 is 10.1 Å². The number of fused-ring (bicyclic) bond motifs is 1. The predicted molar refractivity (Wildman–Crippen MR) is 104 cm³/mol. The molecule has 1 aliphatic rings. The number of para-hydroxylation sites is 2. The molecule has 0 fully saturated rings. The lowest BCUT2D eigenvalue weighted by Crippen LogP contribution is -2.29. The highest BCUT2D eigenvalue weighted by Gasteiger charge is 2.40. The zero-order valence-corrected chi connectivity index (χ0v) is 14.9. The maximum absolute atomic E-state index is 12.0. The first-order valence-electron chi connectivity index (χ1n) is 8.86. The van der Waals surface area contributed by atoms with Crippen molar-refractivity contribution in [1.29, 1.82) is 0 Å². The lowest BCUT2D eigenvalue weighted by Gasteiger charge is -2.26. The van der Waals surface area contributed by atoms with Crippen LogP contribution in [0.15, 0.2) is 90.4 Å². The van der Waals surface area contributed by atoms with Crippen LogP contribution in [0, 0.1) is 10.1 Å². The number of nitro groups is 1. The molecule has 1 heterocycles. The van der Waals surface area contributed by atoms with Crippen molar-refractivity contribution in [3.63, 3.8) is 0 Å². The molecule has 1 unspecified atom stereocenters. The number of aromatic hydroxyl groups is 1. The molecular weight excluding hydrogens is 356 g/mol. The molecule has 0 radical (unpaired) electrons. The zero-order valence-electron chi connectivity index (χ0n) is 14.9. The minimum Gasteiger partial charge on any atom is -0.508 e. The van der Waals surface area contributed by atoms with Crippen LogP contribution in [0.3, 0.4) is 0 Å². The third kappa shape index (κ3) is 3.27. The molecule has 0 aromatic heterocycles. The third-order valence-corrected chi connectivity index (χ3v) is 4.69. The molecule has 3 aromatic carbocycles. The molecule has 1 aliphatic heterocycles. The Morgan fingerprint density at radius 3 is 2.29 bits per heavy atom. The van der Waals surface area contributed by atoms with Gasteiger partial charge in [-0.2, -0.15) is 0 Å². The first kappa shape index (κ1) is 17.6. The summed E-state index contributed by atoms with van der Waals surface area (Å²) < 4.78 is 5.86. The van der Waals surface area contributed by atoms with Gasteiger partial charge in [0.2, 0.25) is 0 Å². The van der Waals surface area contributed by atoms with Crippen molar-refractivity contribution in [3.8, 4) is 11.5 Å². The average molecular weight is 374 g/mol. The molecule has 6 heteroatoms. The minimum atomic E-state index is -0.751. The van der Waals surface area contributed by atoms with Crippen molar-refractivity contribution in [1.82, 2.24) is 5.32 Å². The quantitative estimate of drug-likeness (QED) is 0.518. The van der Waals surface area contributed by atoms with Crippen LogP contribution in [0.4, 0.5) is 0 Å². The molecule has 0 saturated heterocycles. The van der Waals surface area contributed by atoms with E-state index in [2.05, 4.69) is 5.32 Å². The molecule has 3 aromatic rings. The van der Waals surface area contributed by atoms with Gasteiger partial charge in [-0.05, 0) is 17.7 Å². The Labute approximate surface area is 161 Å². The summed E-state index contributed by atoms with van der Waals surface area (Å²) >= 11 is 0. The van der Waals surface area contributed by atoms with E-state index in [4.69, 9.17) is 4.74 Å². The first-order chi connectivity index (χ1) is 13.6. The second-order valence-electron chi connectivity index (χ2n) is 6.44. The monoisotopic (exact) mass is 374 g/mol. The van der Waals surface area contributed by atoms with Gasteiger partial charge in [-0.3, -0.25) is 10.1 Å². The number of phenolic OH excluding ortho intramolecular Hbond substituents is 1. The Morgan fingerprint density at radius 1 is 0.929 bits per heavy atom. The Kier molecular flexibility index (Phi) is 4.68. The van der Waals surface area contributed by atoms with Gasteiger partial charge in [0.1, 0.15) is 17.4 Å². The zero-order chi connectivity index (χ0) is 19.5. The number of phenols is 1. The van der Waals surface area contributed by atoms with E-state index in [1.54, 1.807) is 36.4 Å². The van der Waals surface area contributed by atoms with E-state index in [0.29, 0.717) is 23.4 Å². The number of hydrogen-bond donors (Lipinski definition) is 2. The van der Waals surface area contributed by atoms with Crippen molar-refractivity contribution in [2.75, 3.05) is 0 Å². The van der Waals surface area contributed by atoms with Crippen molar-refractivity contribution in [2.45, 2.75) is 12.5 Å². The van der Waals surface area contributed by atoms with E-state index in [-0.39, 0.29) is 17.3 Å². The van der Waals surface area contributed by atoms with Crippen LogP contribution >= 0.6 is 0 Å². The fraction of sp³-hybridized carbons (Fsp3) is 0.0909.